The van der Waals surface area contributed by atoms with E-state index >= 15 is 0 Å². The minimum atomic E-state index is -2.93. The predicted molar refractivity (Wildman–Crippen MR) is 116 cm³/mol. The summed E-state index contributed by atoms with van der Waals surface area (Å²) < 4.78 is 29.8. The molecule has 0 aliphatic carbocycles. The number of hydrogen-bond acceptors (Lipinski definition) is 9. The SMILES string of the molecule is C[C@H](c1nc2ccccc2s1)N(C)C(=O)CSc1nnc(C[C@@H]2CCS(=O)(=O)C2)o1. The molecule has 11 heteroatoms. The number of carbonyl (C=O) groups excluding carboxylic acids is 1. The summed E-state index contributed by atoms with van der Waals surface area (Å²) in [6, 6.07) is 7.78. The van der Waals surface area contributed by atoms with Crippen molar-refractivity contribution in [1.29, 1.82) is 0 Å². The lowest BCUT2D eigenvalue weighted by Gasteiger charge is -2.22. The van der Waals surface area contributed by atoms with Gasteiger partial charge < -0.3 is 9.32 Å². The first kappa shape index (κ1) is 21.3. The van der Waals surface area contributed by atoms with Gasteiger partial charge in [0.25, 0.3) is 5.22 Å². The third-order valence-electron chi connectivity index (χ3n) is 5.20. The van der Waals surface area contributed by atoms with Gasteiger partial charge >= 0.3 is 0 Å². The number of nitrogens with zero attached hydrogens (tertiary/aromatic N) is 4. The summed E-state index contributed by atoms with van der Waals surface area (Å²) in [5.41, 5.74) is 0.938. The molecule has 160 valence electrons. The van der Waals surface area contributed by atoms with E-state index in [-0.39, 0.29) is 35.1 Å². The Kier molecular flexibility index (Phi) is 6.12. The number of amides is 1. The molecule has 0 radical (unpaired) electrons. The molecule has 1 aromatic carbocycles. The summed E-state index contributed by atoms with van der Waals surface area (Å²) in [5, 5.41) is 9.18. The van der Waals surface area contributed by atoms with Crippen molar-refractivity contribution < 1.29 is 17.6 Å². The van der Waals surface area contributed by atoms with Crippen molar-refractivity contribution in [3.63, 3.8) is 0 Å². The van der Waals surface area contributed by atoms with Crippen LogP contribution in [0, 0.1) is 5.92 Å². The van der Waals surface area contributed by atoms with Gasteiger partial charge in [-0.1, -0.05) is 23.9 Å². The molecule has 3 aromatic rings. The number of benzene rings is 1. The fourth-order valence-corrected chi connectivity index (χ4v) is 6.96. The topological polar surface area (TPSA) is 106 Å². The molecule has 0 bridgehead atoms. The van der Waals surface area contributed by atoms with Gasteiger partial charge in [0, 0.05) is 13.5 Å². The Hall–Kier alpha value is -1.98. The average molecular weight is 467 g/mol. The van der Waals surface area contributed by atoms with E-state index in [1.54, 1.807) is 23.3 Å². The van der Waals surface area contributed by atoms with Crippen LogP contribution in [0.25, 0.3) is 10.2 Å². The van der Waals surface area contributed by atoms with Crippen molar-refractivity contribution in [2.45, 2.75) is 31.0 Å². The highest BCUT2D eigenvalue weighted by molar-refractivity contribution is 7.99. The predicted octanol–water partition coefficient (Wildman–Crippen LogP) is 2.97. The summed E-state index contributed by atoms with van der Waals surface area (Å²) in [4.78, 5) is 18.9. The first-order valence-corrected chi connectivity index (χ1v) is 13.2. The van der Waals surface area contributed by atoms with Gasteiger partial charge in [0.2, 0.25) is 11.8 Å². The van der Waals surface area contributed by atoms with Gasteiger partial charge in [0.1, 0.15) is 5.01 Å². The second-order valence-electron chi connectivity index (χ2n) is 7.42. The van der Waals surface area contributed by atoms with Crippen molar-refractivity contribution in [1.82, 2.24) is 20.1 Å². The molecule has 8 nitrogen and oxygen atoms in total. The molecule has 1 saturated heterocycles. The zero-order valence-corrected chi connectivity index (χ0v) is 19.1. The summed E-state index contributed by atoms with van der Waals surface area (Å²) in [6.45, 7) is 1.96. The summed E-state index contributed by atoms with van der Waals surface area (Å²) >= 11 is 2.77. The average Bonchev–Trinajstić information content (AvgIpc) is 3.43. The first-order valence-electron chi connectivity index (χ1n) is 9.57. The molecule has 1 aliphatic rings. The van der Waals surface area contributed by atoms with Crippen molar-refractivity contribution in [3.05, 3.63) is 35.2 Å². The smallest absolute Gasteiger partial charge is 0.277 e. The fraction of sp³-hybridized carbons (Fsp3) is 0.474. The number of aromatic nitrogens is 3. The van der Waals surface area contributed by atoms with Crippen molar-refractivity contribution in [2.24, 2.45) is 5.92 Å². The summed E-state index contributed by atoms with van der Waals surface area (Å²) in [7, 11) is -1.17. The fourth-order valence-electron chi connectivity index (χ4n) is 3.33. The normalized spacial score (nSPS) is 19.2. The van der Waals surface area contributed by atoms with Crippen LogP contribution in [0.1, 0.15) is 30.3 Å². The lowest BCUT2D eigenvalue weighted by Crippen LogP contribution is -2.31. The van der Waals surface area contributed by atoms with Gasteiger partial charge in [0.15, 0.2) is 9.84 Å². The van der Waals surface area contributed by atoms with Crippen LogP contribution < -0.4 is 0 Å². The molecule has 1 fully saturated rings. The van der Waals surface area contributed by atoms with E-state index in [0.29, 0.717) is 24.0 Å². The van der Waals surface area contributed by atoms with Crippen LogP contribution in [-0.2, 0) is 21.1 Å². The van der Waals surface area contributed by atoms with Gasteiger partial charge in [0.05, 0.1) is 33.5 Å². The van der Waals surface area contributed by atoms with E-state index in [1.807, 2.05) is 31.2 Å². The number of para-hydroxylation sites is 1. The lowest BCUT2D eigenvalue weighted by atomic mass is 10.1. The summed E-state index contributed by atoms with van der Waals surface area (Å²) in [6.07, 6.45) is 1.08. The Labute approximate surface area is 183 Å². The van der Waals surface area contributed by atoms with Crippen LogP contribution in [0.5, 0.6) is 0 Å². The molecule has 2 aromatic heterocycles. The van der Waals surface area contributed by atoms with Crippen LogP contribution >= 0.6 is 23.1 Å². The van der Waals surface area contributed by atoms with Crippen LogP contribution in [0.3, 0.4) is 0 Å². The second kappa shape index (κ2) is 8.64. The molecule has 1 amide bonds. The second-order valence-corrected chi connectivity index (χ2v) is 11.6. The molecule has 0 N–H and O–H groups in total. The number of thiazole rings is 1. The molecule has 30 heavy (non-hydrogen) atoms. The highest BCUT2D eigenvalue weighted by Gasteiger charge is 2.29. The van der Waals surface area contributed by atoms with Gasteiger partial charge in [-0.15, -0.1) is 21.5 Å². The van der Waals surface area contributed by atoms with E-state index < -0.39 is 9.84 Å². The number of carbonyl (C=O) groups is 1. The van der Waals surface area contributed by atoms with Gasteiger partial charge in [-0.2, -0.15) is 0 Å². The third kappa shape index (κ3) is 4.84. The Morgan fingerprint density at radius 1 is 1.37 bits per heavy atom. The Bertz CT molecular complexity index is 1120. The number of rotatable bonds is 7. The molecular formula is C19H22N4O4S3. The minimum absolute atomic E-state index is 0.0238. The molecule has 4 rings (SSSR count). The number of hydrogen-bond donors (Lipinski definition) is 0. The minimum Gasteiger partial charge on any atom is -0.416 e. The molecule has 3 heterocycles. The van der Waals surface area contributed by atoms with Gasteiger partial charge in [-0.3, -0.25) is 4.79 Å². The standard InChI is InChI=1S/C19H22N4O4S3/c1-12(18-20-14-5-3-4-6-15(14)29-18)23(2)17(24)10-28-19-22-21-16(27-19)9-13-7-8-30(25,26)11-13/h3-6,12-13H,7-11H2,1-2H3/t12-,13+/m1/s1. The third-order valence-corrected chi connectivity index (χ3v) is 9.05. The molecule has 0 spiro atoms. The van der Waals surface area contributed by atoms with Crippen molar-refractivity contribution >= 4 is 49.1 Å². The molecule has 2 atom stereocenters. The van der Waals surface area contributed by atoms with Crippen LogP contribution in [0.4, 0.5) is 0 Å². The van der Waals surface area contributed by atoms with Crippen LogP contribution in [-0.4, -0.2) is 58.7 Å². The quantitative estimate of drug-likeness (QED) is 0.489. The van der Waals surface area contributed by atoms with E-state index in [4.69, 9.17) is 4.42 Å². The van der Waals surface area contributed by atoms with E-state index in [0.717, 1.165) is 15.2 Å². The molecule has 0 saturated carbocycles. The zero-order valence-electron chi connectivity index (χ0n) is 16.6. The molecule has 1 aliphatic heterocycles. The maximum Gasteiger partial charge on any atom is 0.277 e. The van der Waals surface area contributed by atoms with Crippen molar-refractivity contribution in [3.8, 4) is 0 Å². The number of fused-ring (bicyclic) bond motifs is 1. The van der Waals surface area contributed by atoms with Crippen molar-refractivity contribution in [2.75, 3.05) is 24.3 Å². The molecular weight excluding hydrogens is 444 g/mol. The zero-order chi connectivity index (χ0) is 21.3. The largest absolute Gasteiger partial charge is 0.416 e. The highest BCUT2D eigenvalue weighted by atomic mass is 32.2. The maximum atomic E-state index is 12.6. The van der Waals surface area contributed by atoms with Gasteiger partial charge in [-0.25, -0.2) is 13.4 Å². The lowest BCUT2D eigenvalue weighted by molar-refractivity contribution is -0.128. The number of sulfone groups is 1. The van der Waals surface area contributed by atoms with E-state index in [1.165, 1.54) is 11.8 Å². The van der Waals surface area contributed by atoms with E-state index in [2.05, 4.69) is 15.2 Å². The number of thioether (sulfide) groups is 1. The van der Waals surface area contributed by atoms with E-state index in [9.17, 15) is 13.2 Å². The monoisotopic (exact) mass is 466 g/mol. The van der Waals surface area contributed by atoms with Crippen LogP contribution in [0.2, 0.25) is 0 Å². The van der Waals surface area contributed by atoms with Crippen LogP contribution in [0.15, 0.2) is 33.9 Å². The highest BCUT2D eigenvalue weighted by Crippen LogP contribution is 2.29. The molecule has 0 unspecified atom stereocenters. The first-order chi connectivity index (χ1) is 14.3. The Morgan fingerprint density at radius 3 is 2.90 bits per heavy atom. The summed E-state index contributed by atoms with van der Waals surface area (Å²) in [5.74, 6) is 0.948. The Morgan fingerprint density at radius 2 is 2.17 bits per heavy atom. The Balaban J connectivity index is 1.31. The maximum absolute atomic E-state index is 12.6. The van der Waals surface area contributed by atoms with Gasteiger partial charge in [-0.05, 0) is 31.4 Å².